The summed E-state index contributed by atoms with van der Waals surface area (Å²) >= 11 is 3.42. The van der Waals surface area contributed by atoms with E-state index in [1.165, 1.54) is 5.56 Å². The number of nitrogens with zero attached hydrogens (tertiary/aromatic N) is 1. The van der Waals surface area contributed by atoms with Gasteiger partial charge in [-0.15, -0.1) is 0 Å². The lowest BCUT2D eigenvalue weighted by atomic mass is 10.1. The molecule has 6 heteroatoms. The van der Waals surface area contributed by atoms with Crippen molar-refractivity contribution in [3.8, 4) is 11.5 Å². The van der Waals surface area contributed by atoms with Crippen molar-refractivity contribution in [2.24, 2.45) is 0 Å². The molecule has 0 spiro atoms. The van der Waals surface area contributed by atoms with Crippen LogP contribution in [0, 0.1) is 0 Å². The van der Waals surface area contributed by atoms with Crippen molar-refractivity contribution in [1.82, 2.24) is 10.2 Å². The molecule has 2 rings (SSSR count). The van der Waals surface area contributed by atoms with Crippen molar-refractivity contribution >= 4 is 21.8 Å². The number of amides is 1. The standard InChI is InChI=1S/C20H25BrN2O3/c1-23(13-16-4-7-17(21)8-5-16)14-20(24)22-11-10-15-6-9-18(25-2)19(12-15)26-3/h4-9,12H,10-11,13-14H2,1-3H3,(H,22,24). The maximum Gasteiger partial charge on any atom is 0.234 e. The molecule has 0 aromatic heterocycles. The van der Waals surface area contributed by atoms with E-state index < -0.39 is 0 Å². The summed E-state index contributed by atoms with van der Waals surface area (Å²) in [6, 6.07) is 13.9. The highest BCUT2D eigenvalue weighted by atomic mass is 79.9. The zero-order chi connectivity index (χ0) is 18.9. The minimum atomic E-state index is 0.0186. The average molecular weight is 421 g/mol. The van der Waals surface area contributed by atoms with E-state index >= 15 is 0 Å². The van der Waals surface area contributed by atoms with E-state index in [0.29, 0.717) is 24.6 Å². The number of carbonyl (C=O) groups excluding carboxylic acids is 1. The predicted molar refractivity (Wildman–Crippen MR) is 107 cm³/mol. The summed E-state index contributed by atoms with van der Waals surface area (Å²) in [4.78, 5) is 14.1. The second kappa shape index (κ2) is 10.2. The first-order chi connectivity index (χ1) is 12.5. The molecular weight excluding hydrogens is 396 g/mol. The zero-order valence-corrected chi connectivity index (χ0v) is 17.0. The summed E-state index contributed by atoms with van der Waals surface area (Å²) in [5.41, 5.74) is 2.26. The first-order valence-electron chi connectivity index (χ1n) is 8.42. The van der Waals surface area contributed by atoms with Crippen LogP contribution in [-0.4, -0.2) is 45.2 Å². The maximum absolute atomic E-state index is 12.1. The fourth-order valence-corrected chi connectivity index (χ4v) is 2.91. The monoisotopic (exact) mass is 420 g/mol. The smallest absolute Gasteiger partial charge is 0.234 e. The molecule has 2 aromatic rings. The molecule has 2 aromatic carbocycles. The number of likely N-dealkylation sites (N-methyl/N-ethyl adjacent to an activating group) is 1. The Labute approximate surface area is 163 Å². The molecule has 0 saturated carbocycles. The van der Waals surface area contributed by atoms with Crippen LogP contribution >= 0.6 is 15.9 Å². The highest BCUT2D eigenvalue weighted by Gasteiger charge is 2.08. The van der Waals surface area contributed by atoms with Gasteiger partial charge in [0.25, 0.3) is 0 Å². The Balaban J connectivity index is 1.75. The summed E-state index contributed by atoms with van der Waals surface area (Å²) < 4.78 is 11.6. The van der Waals surface area contributed by atoms with Crippen LogP contribution in [0.5, 0.6) is 11.5 Å². The van der Waals surface area contributed by atoms with E-state index in [0.717, 1.165) is 23.0 Å². The number of rotatable bonds is 9. The van der Waals surface area contributed by atoms with Gasteiger partial charge in [0.15, 0.2) is 11.5 Å². The Kier molecular flexibility index (Phi) is 7.94. The topological polar surface area (TPSA) is 50.8 Å². The molecule has 0 saturated heterocycles. The molecule has 26 heavy (non-hydrogen) atoms. The van der Waals surface area contributed by atoms with Crippen molar-refractivity contribution < 1.29 is 14.3 Å². The maximum atomic E-state index is 12.1. The molecule has 0 unspecified atom stereocenters. The van der Waals surface area contributed by atoms with Gasteiger partial charge in [-0.1, -0.05) is 34.1 Å². The Bertz CT molecular complexity index is 719. The third-order valence-corrected chi connectivity index (χ3v) is 4.49. The number of hydrogen-bond donors (Lipinski definition) is 1. The number of benzene rings is 2. The summed E-state index contributed by atoms with van der Waals surface area (Å²) in [5, 5.41) is 2.96. The van der Waals surface area contributed by atoms with Gasteiger partial charge in [-0.05, 0) is 48.9 Å². The lowest BCUT2D eigenvalue weighted by Crippen LogP contribution is -2.35. The summed E-state index contributed by atoms with van der Waals surface area (Å²) in [6.45, 7) is 1.68. The molecule has 0 aliphatic rings. The summed E-state index contributed by atoms with van der Waals surface area (Å²) in [7, 11) is 5.17. The number of nitrogens with one attached hydrogen (secondary N) is 1. The highest BCUT2D eigenvalue weighted by molar-refractivity contribution is 9.10. The van der Waals surface area contributed by atoms with Crippen LogP contribution in [-0.2, 0) is 17.8 Å². The van der Waals surface area contributed by atoms with Crippen LogP contribution < -0.4 is 14.8 Å². The molecule has 140 valence electrons. The molecular formula is C20H25BrN2O3. The SMILES string of the molecule is COc1ccc(CCNC(=O)CN(C)Cc2ccc(Br)cc2)cc1OC. The van der Waals surface area contributed by atoms with Crippen molar-refractivity contribution in [3.63, 3.8) is 0 Å². The molecule has 5 nitrogen and oxygen atoms in total. The molecule has 1 N–H and O–H groups in total. The Morgan fingerprint density at radius 3 is 2.35 bits per heavy atom. The quantitative estimate of drug-likeness (QED) is 0.676. The van der Waals surface area contributed by atoms with Gasteiger partial charge >= 0.3 is 0 Å². The van der Waals surface area contributed by atoms with Crippen LogP contribution in [0.2, 0.25) is 0 Å². The predicted octanol–water partition coefficient (Wildman–Crippen LogP) is 3.26. The van der Waals surface area contributed by atoms with Crippen molar-refractivity contribution in [2.45, 2.75) is 13.0 Å². The van der Waals surface area contributed by atoms with Gasteiger partial charge in [0, 0.05) is 17.6 Å². The number of ether oxygens (including phenoxy) is 2. The van der Waals surface area contributed by atoms with Crippen molar-refractivity contribution in [3.05, 3.63) is 58.1 Å². The molecule has 0 bridgehead atoms. The van der Waals surface area contributed by atoms with Gasteiger partial charge in [0.05, 0.1) is 20.8 Å². The third-order valence-electron chi connectivity index (χ3n) is 3.96. The van der Waals surface area contributed by atoms with E-state index in [2.05, 4.69) is 33.4 Å². The van der Waals surface area contributed by atoms with Gasteiger partial charge in [-0.2, -0.15) is 0 Å². The van der Waals surface area contributed by atoms with Crippen LogP contribution in [0.4, 0.5) is 0 Å². The first kappa shape index (κ1) is 20.3. The molecule has 0 aliphatic heterocycles. The minimum absolute atomic E-state index is 0.0186. The molecule has 1 amide bonds. The van der Waals surface area contributed by atoms with Crippen molar-refractivity contribution in [1.29, 1.82) is 0 Å². The van der Waals surface area contributed by atoms with Gasteiger partial charge < -0.3 is 14.8 Å². The van der Waals surface area contributed by atoms with E-state index in [1.54, 1.807) is 14.2 Å². The Morgan fingerprint density at radius 1 is 1.04 bits per heavy atom. The van der Waals surface area contributed by atoms with Gasteiger partial charge in [0.2, 0.25) is 5.91 Å². The lowest BCUT2D eigenvalue weighted by molar-refractivity contribution is -0.122. The van der Waals surface area contributed by atoms with Crippen LogP contribution in [0.3, 0.4) is 0 Å². The Hall–Kier alpha value is -2.05. The van der Waals surface area contributed by atoms with Crippen LogP contribution in [0.25, 0.3) is 0 Å². The van der Waals surface area contributed by atoms with Gasteiger partial charge in [-0.3, -0.25) is 9.69 Å². The van der Waals surface area contributed by atoms with Crippen molar-refractivity contribution in [2.75, 3.05) is 34.4 Å². The molecule has 0 fully saturated rings. The second-order valence-electron chi connectivity index (χ2n) is 6.09. The van der Waals surface area contributed by atoms with Gasteiger partial charge in [0.1, 0.15) is 0 Å². The number of carbonyl (C=O) groups is 1. The van der Waals surface area contributed by atoms with Gasteiger partial charge in [-0.25, -0.2) is 0 Å². The molecule has 0 radical (unpaired) electrons. The fourth-order valence-electron chi connectivity index (χ4n) is 2.64. The normalized spacial score (nSPS) is 10.7. The number of halogens is 1. The first-order valence-corrected chi connectivity index (χ1v) is 9.21. The summed E-state index contributed by atoms with van der Waals surface area (Å²) in [6.07, 6.45) is 0.739. The zero-order valence-electron chi connectivity index (χ0n) is 15.4. The summed E-state index contributed by atoms with van der Waals surface area (Å²) in [5.74, 6) is 1.42. The Morgan fingerprint density at radius 2 is 1.69 bits per heavy atom. The highest BCUT2D eigenvalue weighted by Crippen LogP contribution is 2.27. The van der Waals surface area contributed by atoms with E-state index in [4.69, 9.17) is 9.47 Å². The molecule has 0 atom stereocenters. The second-order valence-corrected chi connectivity index (χ2v) is 7.00. The number of hydrogen-bond acceptors (Lipinski definition) is 4. The molecule has 0 heterocycles. The van der Waals surface area contributed by atoms with E-state index in [9.17, 15) is 4.79 Å². The lowest BCUT2D eigenvalue weighted by Gasteiger charge is -2.16. The third kappa shape index (κ3) is 6.35. The fraction of sp³-hybridized carbons (Fsp3) is 0.350. The largest absolute Gasteiger partial charge is 0.493 e. The van der Waals surface area contributed by atoms with E-state index in [-0.39, 0.29) is 5.91 Å². The average Bonchev–Trinajstić information content (AvgIpc) is 2.63. The number of methoxy groups -OCH3 is 2. The van der Waals surface area contributed by atoms with E-state index in [1.807, 2.05) is 42.3 Å². The minimum Gasteiger partial charge on any atom is -0.493 e. The molecule has 0 aliphatic carbocycles. The van der Waals surface area contributed by atoms with Crippen LogP contribution in [0.1, 0.15) is 11.1 Å². The van der Waals surface area contributed by atoms with Crippen LogP contribution in [0.15, 0.2) is 46.9 Å².